The van der Waals surface area contributed by atoms with Crippen molar-refractivity contribution in [3.05, 3.63) is 64.9 Å². The molecule has 32 heavy (non-hydrogen) atoms. The molecule has 3 nitrogen and oxygen atoms in total. The Morgan fingerprint density at radius 1 is 1.12 bits per heavy atom. The third kappa shape index (κ3) is 6.19. The molecule has 1 aromatic heterocycles. The Kier molecular flexibility index (Phi) is 8.10. The quantitative estimate of drug-likeness (QED) is 0.315. The number of benzene rings is 2. The first kappa shape index (κ1) is 24.4. The third-order valence-electron chi connectivity index (χ3n) is 6.04. The van der Waals surface area contributed by atoms with Crippen LogP contribution < -0.4 is 4.74 Å². The van der Waals surface area contributed by atoms with Crippen LogP contribution in [0.4, 0.5) is 0 Å². The van der Waals surface area contributed by atoms with E-state index in [1.54, 1.807) is 0 Å². The SMILES string of the molecule is CCC(CCc1cc2cc(CSC)ccc2o1)c1ccc(OCC(=O)C(C)(C)C)c(C)c1. The maximum atomic E-state index is 12.2. The molecule has 0 aliphatic heterocycles. The van der Waals surface area contributed by atoms with Gasteiger partial charge in [-0.05, 0) is 72.9 Å². The molecule has 4 heteroatoms. The first-order valence-electron chi connectivity index (χ1n) is 11.5. The number of fused-ring (bicyclic) bond motifs is 1. The molecule has 0 aliphatic carbocycles. The molecule has 172 valence electrons. The molecule has 3 rings (SSSR count). The van der Waals surface area contributed by atoms with Crippen molar-refractivity contribution < 1.29 is 13.9 Å². The van der Waals surface area contributed by atoms with Gasteiger partial charge in [-0.2, -0.15) is 11.8 Å². The summed E-state index contributed by atoms with van der Waals surface area (Å²) in [5.74, 6) is 3.44. The molecular weight excluding hydrogens is 416 g/mol. The second-order valence-corrected chi connectivity index (χ2v) is 10.5. The van der Waals surface area contributed by atoms with Crippen LogP contribution >= 0.6 is 11.8 Å². The lowest BCUT2D eigenvalue weighted by Gasteiger charge is -2.19. The second-order valence-electron chi connectivity index (χ2n) is 9.65. The van der Waals surface area contributed by atoms with Gasteiger partial charge in [-0.3, -0.25) is 4.79 Å². The minimum atomic E-state index is -0.381. The molecule has 0 aliphatic rings. The van der Waals surface area contributed by atoms with Crippen LogP contribution in [0.5, 0.6) is 5.75 Å². The van der Waals surface area contributed by atoms with Crippen LogP contribution in [-0.2, 0) is 17.0 Å². The van der Waals surface area contributed by atoms with Gasteiger partial charge in [0.1, 0.15) is 23.7 Å². The minimum absolute atomic E-state index is 0.110. The molecule has 0 radical (unpaired) electrons. The highest BCUT2D eigenvalue weighted by molar-refractivity contribution is 7.97. The number of thioether (sulfide) groups is 1. The summed E-state index contributed by atoms with van der Waals surface area (Å²) < 4.78 is 11.9. The van der Waals surface area contributed by atoms with E-state index in [1.807, 2.05) is 38.6 Å². The molecule has 0 saturated carbocycles. The smallest absolute Gasteiger partial charge is 0.175 e. The zero-order valence-corrected chi connectivity index (χ0v) is 21.1. The topological polar surface area (TPSA) is 39.4 Å². The van der Waals surface area contributed by atoms with Crippen LogP contribution in [0, 0.1) is 12.3 Å². The van der Waals surface area contributed by atoms with E-state index in [2.05, 4.69) is 56.5 Å². The van der Waals surface area contributed by atoms with Crippen LogP contribution in [0.25, 0.3) is 11.0 Å². The Balaban J connectivity index is 1.64. The number of carbonyl (C=O) groups excluding carboxylic acids is 1. The van der Waals surface area contributed by atoms with E-state index in [0.717, 1.165) is 47.7 Å². The number of Topliss-reactive ketones (excluding diaryl/α,β-unsaturated/α-hetero) is 1. The number of furan rings is 1. The predicted molar refractivity (Wildman–Crippen MR) is 136 cm³/mol. The largest absolute Gasteiger partial charge is 0.486 e. The fourth-order valence-electron chi connectivity index (χ4n) is 3.90. The first-order valence-corrected chi connectivity index (χ1v) is 12.9. The van der Waals surface area contributed by atoms with Gasteiger partial charge in [0.15, 0.2) is 5.78 Å². The van der Waals surface area contributed by atoms with Crippen molar-refractivity contribution in [3.63, 3.8) is 0 Å². The van der Waals surface area contributed by atoms with E-state index in [9.17, 15) is 4.79 Å². The van der Waals surface area contributed by atoms with Crippen molar-refractivity contribution >= 4 is 28.5 Å². The summed E-state index contributed by atoms with van der Waals surface area (Å²) in [5, 5.41) is 1.20. The van der Waals surface area contributed by atoms with Gasteiger partial charge in [-0.25, -0.2) is 0 Å². The summed E-state index contributed by atoms with van der Waals surface area (Å²) in [4.78, 5) is 12.2. The van der Waals surface area contributed by atoms with Gasteiger partial charge in [0.25, 0.3) is 0 Å². The van der Waals surface area contributed by atoms with Gasteiger partial charge in [0.2, 0.25) is 0 Å². The molecule has 0 spiro atoms. The standard InChI is InChI=1S/C28H36O3S/c1-7-21(9-11-24-16-23-15-20(18-32-6)8-12-26(23)31-24)22-10-13-25(19(2)14-22)30-17-27(29)28(3,4)5/h8,10,12-16,21H,7,9,11,17-18H2,1-6H3. The minimum Gasteiger partial charge on any atom is -0.486 e. The molecule has 0 N–H and O–H groups in total. The number of rotatable bonds is 10. The monoisotopic (exact) mass is 452 g/mol. The Hall–Kier alpha value is -2.20. The number of carbonyl (C=O) groups is 1. The Labute approximate surface area is 196 Å². The van der Waals surface area contributed by atoms with Gasteiger partial charge in [-0.15, -0.1) is 0 Å². The number of hydrogen-bond acceptors (Lipinski definition) is 4. The van der Waals surface area contributed by atoms with Crippen LogP contribution in [0.3, 0.4) is 0 Å². The molecule has 1 heterocycles. The maximum Gasteiger partial charge on any atom is 0.175 e. The molecule has 1 unspecified atom stereocenters. The van der Waals surface area contributed by atoms with E-state index >= 15 is 0 Å². The van der Waals surface area contributed by atoms with Crippen LogP contribution in [-0.4, -0.2) is 18.6 Å². The lowest BCUT2D eigenvalue weighted by Crippen LogP contribution is -2.26. The number of ketones is 1. The van der Waals surface area contributed by atoms with Gasteiger partial charge in [0, 0.05) is 23.0 Å². The highest BCUT2D eigenvalue weighted by Gasteiger charge is 2.22. The number of hydrogen-bond donors (Lipinski definition) is 0. The highest BCUT2D eigenvalue weighted by atomic mass is 32.2. The molecule has 3 aromatic rings. The lowest BCUT2D eigenvalue weighted by atomic mass is 9.90. The molecule has 0 bridgehead atoms. The van der Waals surface area contributed by atoms with Crippen molar-refractivity contribution in [2.24, 2.45) is 5.41 Å². The summed E-state index contributed by atoms with van der Waals surface area (Å²) in [5.41, 5.74) is 4.32. The van der Waals surface area contributed by atoms with Crippen LogP contribution in [0.1, 0.15) is 68.9 Å². The van der Waals surface area contributed by atoms with Gasteiger partial charge < -0.3 is 9.15 Å². The normalized spacial score (nSPS) is 12.8. The molecule has 0 amide bonds. The zero-order chi connectivity index (χ0) is 23.3. The molecule has 1 atom stereocenters. The van der Waals surface area contributed by atoms with E-state index < -0.39 is 0 Å². The summed E-state index contributed by atoms with van der Waals surface area (Å²) in [6.07, 6.45) is 5.15. The van der Waals surface area contributed by atoms with E-state index in [1.165, 1.54) is 16.5 Å². The van der Waals surface area contributed by atoms with Crippen molar-refractivity contribution in [1.29, 1.82) is 0 Å². The average Bonchev–Trinajstić information content (AvgIpc) is 3.15. The molecule has 2 aromatic carbocycles. The maximum absolute atomic E-state index is 12.2. The zero-order valence-electron chi connectivity index (χ0n) is 20.3. The van der Waals surface area contributed by atoms with E-state index in [4.69, 9.17) is 9.15 Å². The molecular formula is C28H36O3S. The first-order chi connectivity index (χ1) is 15.2. The molecule has 0 saturated heterocycles. The van der Waals surface area contributed by atoms with Gasteiger partial charge in [0.05, 0.1) is 0 Å². The van der Waals surface area contributed by atoms with Crippen molar-refractivity contribution in [3.8, 4) is 5.75 Å². The predicted octanol–water partition coefficient (Wildman–Crippen LogP) is 7.72. The van der Waals surface area contributed by atoms with Crippen LogP contribution in [0.2, 0.25) is 0 Å². The molecule has 0 fully saturated rings. The number of ether oxygens (including phenoxy) is 1. The van der Waals surface area contributed by atoms with Gasteiger partial charge >= 0.3 is 0 Å². The number of aryl methyl sites for hydroxylation is 2. The van der Waals surface area contributed by atoms with Crippen LogP contribution in [0.15, 0.2) is 46.9 Å². The van der Waals surface area contributed by atoms with Crippen molar-refractivity contribution in [2.45, 2.75) is 65.6 Å². The summed E-state index contributed by atoms with van der Waals surface area (Å²) in [7, 11) is 0. The van der Waals surface area contributed by atoms with Gasteiger partial charge in [-0.1, -0.05) is 45.9 Å². The average molecular weight is 453 g/mol. The summed E-state index contributed by atoms with van der Waals surface area (Å²) in [6, 6.07) is 15.0. The Bertz CT molecular complexity index is 1060. The third-order valence-corrected chi connectivity index (χ3v) is 6.66. The van der Waals surface area contributed by atoms with Crippen molar-refractivity contribution in [1.82, 2.24) is 0 Å². The highest BCUT2D eigenvalue weighted by Crippen LogP contribution is 2.31. The lowest BCUT2D eigenvalue weighted by molar-refractivity contribution is -0.128. The fraction of sp³-hybridized carbons (Fsp3) is 0.464. The second kappa shape index (κ2) is 10.6. The fourth-order valence-corrected chi connectivity index (χ4v) is 4.41. The van der Waals surface area contributed by atoms with E-state index in [0.29, 0.717) is 5.92 Å². The van der Waals surface area contributed by atoms with E-state index in [-0.39, 0.29) is 17.8 Å². The Morgan fingerprint density at radius 3 is 2.56 bits per heavy atom. The summed E-state index contributed by atoms with van der Waals surface area (Å²) >= 11 is 1.84. The Morgan fingerprint density at radius 2 is 1.91 bits per heavy atom. The summed E-state index contributed by atoms with van der Waals surface area (Å²) in [6.45, 7) is 10.2. The van der Waals surface area contributed by atoms with Crippen molar-refractivity contribution in [2.75, 3.05) is 12.9 Å².